The number of ketones is 1. The van der Waals surface area contributed by atoms with E-state index in [1.165, 1.54) is 17.4 Å². The van der Waals surface area contributed by atoms with Gasteiger partial charge in [-0.2, -0.15) is 0 Å². The van der Waals surface area contributed by atoms with Gasteiger partial charge in [-0.15, -0.1) is 0 Å². The largest absolute Gasteiger partial charge is 0.493 e. The standard InChI is InChI=1S/C39H60N4O10/c1-25(2)28(17-27-11-12-33(49-9)35(18-27)50-16-10-15-48-8)19-31-34(20-29(26(3)4)32(44)13-14-39(5,6)37(40)46)51-23-43(31)38(47)53-24-52-36(45)30-21-42(7)22-41-30/h11-12,18,21-22,25-26,28-29,31,34H,10,13-17,19-20,23-24H2,1-9H3,(H2,40,46)/t28-,29-,31-,34-/m0/s1. The smallest absolute Gasteiger partial charge is 0.414 e. The normalized spacial score (nSPS) is 17.2. The van der Waals surface area contributed by atoms with Crippen molar-refractivity contribution in [1.82, 2.24) is 14.5 Å². The first-order valence-corrected chi connectivity index (χ1v) is 18.4. The number of imidazole rings is 1. The van der Waals surface area contributed by atoms with Crippen LogP contribution in [0.1, 0.15) is 89.7 Å². The van der Waals surface area contributed by atoms with Crippen molar-refractivity contribution in [1.29, 1.82) is 0 Å². The fourth-order valence-corrected chi connectivity index (χ4v) is 6.40. The zero-order chi connectivity index (χ0) is 39.3. The monoisotopic (exact) mass is 744 g/mol. The number of amides is 2. The number of Topliss-reactive ketones (excluding diaryl/α,β-unsaturated/α-hetero) is 1. The van der Waals surface area contributed by atoms with Gasteiger partial charge in [-0.25, -0.2) is 14.6 Å². The summed E-state index contributed by atoms with van der Waals surface area (Å²) in [6, 6.07) is 5.46. The Kier molecular flexibility index (Phi) is 16.6. The van der Waals surface area contributed by atoms with Crippen molar-refractivity contribution in [2.24, 2.45) is 41.9 Å². The number of hydrogen-bond acceptors (Lipinski definition) is 11. The number of esters is 1. The van der Waals surface area contributed by atoms with Crippen molar-refractivity contribution in [3.8, 4) is 11.5 Å². The minimum atomic E-state index is -0.815. The molecule has 0 bridgehead atoms. The Labute approximate surface area is 313 Å². The van der Waals surface area contributed by atoms with Crippen LogP contribution in [0.5, 0.6) is 11.5 Å². The second-order valence-electron chi connectivity index (χ2n) is 15.2. The van der Waals surface area contributed by atoms with Crippen LogP contribution in [-0.4, -0.2) is 91.3 Å². The van der Waals surface area contributed by atoms with E-state index in [9.17, 15) is 19.2 Å². The molecule has 1 fully saturated rings. The van der Waals surface area contributed by atoms with E-state index in [0.29, 0.717) is 50.4 Å². The van der Waals surface area contributed by atoms with Gasteiger partial charge in [-0.1, -0.05) is 47.6 Å². The fraction of sp³-hybridized carbons (Fsp3) is 0.667. The average molecular weight is 745 g/mol. The summed E-state index contributed by atoms with van der Waals surface area (Å²) in [6.07, 6.45) is 4.69. The first kappa shape index (κ1) is 43.2. The summed E-state index contributed by atoms with van der Waals surface area (Å²) < 4.78 is 35.3. The fourth-order valence-electron chi connectivity index (χ4n) is 6.40. The molecule has 296 valence electrons. The Morgan fingerprint density at radius 1 is 1.02 bits per heavy atom. The zero-order valence-electron chi connectivity index (χ0n) is 32.9. The number of carbonyl (C=O) groups is 4. The lowest BCUT2D eigenvalue weighted by molar-refractivity contribution is -0.129. The minimum Gasteiger partial charge on any atom is -0.493 e. The van der Waals surface area contributed by atoms with E-state index in [1.54, 1.807) is 39.7 Å². The highest BCUT2D eigenvalue weighted by molar-refractivity contribution is 5.87. The molecule has 0 unspecified atom stereocenters. The van der Waals surface area contributed by atoms with Gasteiger partial charge < -0.3 is 38.7 Å². The van der Waals surface area contributed by atoms with Gasteiger partial charge in [0, 0.05) is 51.1 Å². The predicted molar refractivity (Wildman–Crippen MR) is 197 cm³/mol. The molecule has 2 heterocycles. The topological polar surface area (TPSA) is 171 Å². The summed E-state index contributed by atoms with van der Waals surface area (Å²) in [5, 5.41) is 0. The second kappa shape index (κ2) is 20.3. The average Bonchev–Trinajstić information content (AvgIpc) is 3.73. The highest BCUT2D eigenvalue weighted by Crippen LogP contribution is 2.36. The summed E-state index contributed by atoms with van der Waals surface area (Å²) in [5.41, 5.74) is 5.91. The minimum absolute atomic E-state index is 0.0158. The molecule has 2 amide bonds. The van der Waals surface area contributed by atoms with Crippen LogP contribution in [0.25, 0.3) is 0 Å². The van der Waals surface area contributed by atoms with Crippen molar-refractivity contribution in [3.05, 3.63) is 42.0 Å². The Morgan fingerprint density at radius 2 is 1.75 bits per heavy atom. The number of nitrogens with zero attached hydrogens (tertiary/aromatic N) is 3. The van der Waals surface area contributed by atoms with Gasteiger partial charge in [0.1, 0.15) is 12.5 Å². The molecular formula is C39H60N4O10. The van der Waals surface area contributed by atoms with E-state index >= 15 is 0 Å². The first-order chi connectivity index (χ1) is 25.1. The van der Waals surface area contributed by atoms with E-state index in [0.717, 1.165) is 12.0 Å². The maximum atomic E-state index is 13.7. The SMILES string of the molecule is COCCCOc1cc(C[C@@H](C[C@H]2[C@H](C[C@H](C(=O)CCC(C)(C)C(N)=O)C(C)C)OCN2C(=O)OCOC(=O)c2cn(C)cn2)C(C)C)ccc1OC. The molecule has 1 aromatic carbocycles. The van der Waals surface area contributed by atoms with Crippen molar-refractivity contribution in [3.63, 3.8) is 0 Å². The van der Waals surface area contributed by atoms with Gasteiger partial charge in [-0.05, 0) is 61.1 Å². The number of aryl methyl sites for hydroxylation is 1. The highest BCUT2D eigenvalue weighted by atomic mass is 16.7. The lowest BCUT2D eigenvalue weighted by atomic mass is 9.78. The Hall–Kier alpha value is -4.17. The predicted octanol–water partition coefficient (Wildman–Crippen LogP) is 5.55. The van der Waals surface area contributed by atoms with Crippen LogP contribution >= 0.6 is 0 Å². The van der Waals surface area contributed by atoms with Crippen LogP contribution in [-0.2, 0) is 42.0 Å². The molecule has 14 heteroatoms. The number of ether oxygens (including phenoxy) is 6. The van der Waals surface area contributed by atoms with Crippen molar-refractivity contribution >= 4 is 23.8 Å². The number of rotatable bonds is 22. The van der Waals surface area contributed by atoms with E-state index in [2.05, 4.69) is 18.8 Å². The molecule has 0 spiro atoms. The third kappa shape index (κ3) is 12.7. The molecule has 1 aliphatic rings. The summed E-state index contributed by atoms with van der Waals surface area (Å²) in [7, 11) is 4.99. The summed E-state index contributed by atoms with van der Waals surface area (Å²) in [4.78, 5) is 57.1. The van der Waals surface area contributed by atoms with E-state index in [4.69, 9.17) is 34.2 Å². The van der Waals surface area contributed by atoms with Crippen LogP contribution in [0.3, 0.4) is 0 Å². The van der Waals surface area contributed by atoms with Crippen LogP contribution in [0.2, 0.25) is 0 Å². The molecule has 1 aliphatic heterocycles. The van der Waals surface area contributed by atoms with E-state index in [-0.39, 0.29) is 48.3 Å². The zero-order valence-corrected chi connectivity index (χ0v) is 32.9. The van der Waals surface area contributed by atoms with Crippen molar-refractivity contribution in [2.45, 2.75) is 92.2 Å². The maximum Gasteiger partial charge on any atom is 0.414 e. The Bertz CT molecular complexity index is 1510. The van der Waals surface area contributed by atoms with E-state index in [1.807, 2.05) is 32.0 Å². The number of primary amides is 1. The molecule has 1 aromatic heterocycles. The third-order valence-electron chi connectivity index (χ3n) is 10.1. The number of benzene rings is 1. The summed E-state index contributed by atoms with van der Waals surface area (Å²) >= 11 is 0. The number of aromatic nitrogens is 2. The van der Waals surface area contributed by atoms with Crippen LogP contribution in [0.15, 0.2) is 30.7 Å². The summed E-state index contributed by atoms with van der Waals surface area (Å²) in [5.74, 6) is 0.0383. The second-order valence-corrected chi connectivity index (χ2v) is 15.2. The number of methoxy groups -OCH3 is 2. The van der Waals surface area contributed by atoms with Crippen LogP contribution < -0.4 is 15.2 Å². The quantitative estimate of drug-likeness (QED) is 0.0911. The van der Waals surface area contributed by atoms with Gasteiger partial charge in [0.2, 0.25) is 12.7 Å². The van der Waals surface area contributed by atoms with Gasteiger partial charge in [0.05, 0.1) is 32.2 Å². The molecule has 1 saturated heterocycles. The van der Waals surface area contributed by atoms with E-state index < -0.39 is 42.3 Å². The van der Waals surface area contributed by atoms with Crippen molar-refractivity contribution < 1.29 is 47.6 Å². The highest BCUT2D eigenvalue weighted by Gasteiger charge is 2.43. The van der Waals surface area contributed by atoms with Gasteiger partial charge in [-0.3, -0.25) is 14.5 Å². The third-order valence-corrected chi connectivity index (χ3v) is 10.1. The molecule has 14 nitrogen and oxygen atoms in total. The van der Waals surface area contributed by atoms with Crippen molar-refractivity contribution in [2.75, 3.05) is 41.0 Å². The van der Waals surface area contributed by atoms with Gasteiger partial charge in [0.25, 0.3) is 0 Å². The molecule has 3 rings (SSSR count). The molecule has 4 atom stereocenters. The number of carbonyl (C=O) groups excluding carboxylic acids is 4. The van der Waals surface area contributed by atoms with Crippen LogP contribution in [0.4, 0.5) is 4.79 Å². The number of nitrogens with two attached hydrogens (primary N) is 1. The van der Waals surface area contributed by atoms with Gasteiger partial charge in [0.15, 0.2) is 17.2 Å². The number of hydrogen-bond donors (Lipinski definition) is 1. The Morgan fingerprint density at radius 3 is 2.36 bits per heavy atom. The lowest BCUT2D eigenvalue weighted by Gasteiger charge is -2.33. The summed E-state index contributed by atoms with van der Waals surface area (Å²) in [6.45, 7) is 12.2. The molecule has 0 aliphatic carbocycles. The molecule has 53 heavy (non-hydrogen) atoms. The molecule has 2 aromatic rings. The first-order valence-electron chi connectivity index (χ1n) is 18.4. The molecule has 0 radical (unpaired) electrons. The van der Waals surface area contributed by atoms with Crippen LogP contribution in [0, 0.1) is 29.1 Å². The lowest BCUT2D eigenvalue weighted by Crippen LogP contribution is -2.43. The van der Waals surface area contributed by atoms with Gasteiger partial charge >= 0.3 is 12.1 Å². The Balaban J connectivity index is 1.84. The molecular weight excluding hydrogens is 684 g/mol. The maximum absolute atomic E-state index is 13.7. The molecule has 0 saturated carbocycles. The molecule has 2 N–H and O–H groups in total.